The Morgan fingerprint density at radius 2 is 1.27 bits per heavy atom. The quantitative estimate of drug-likeness (QED) is 0.809. The molecule has 0 aliphatic heterocycles. The van der Waals surface area contributed by atoms with Gasteiger partial charge in [0, 0.05) is 17.4 Å². The van der Waals surface area contributed by atoms with E-state index in [1.807, 2.05) is 0 Å². The molecule has 2 N–H and O–H groups in total. The normalized spacial score (nSPS) is 20.8. The van der Waals surface area contributed by atoms with Crippen molar-refractivity contribution in [2.24, 2.45) is 11.8 Å². The first-order chi connectivity index (χ1) is 10.4. The first kappa shape index (κ1) is 18.0. The minimum Gasteiger partial charge on any atom is -1.00 e. The van der Waals surface area contributed by atoms with Crippen molar-refractivity contribution in [2.45, 2.75) is 76.8 Å². The van der Waals surface area contributed by atoms with Crippen molar-refractivity contribution >= 4 is 0 Å². The van der Waals surface area contributed by atoms with Crippen LogP contribution >= 0.6 is 0 Å². The minimum atomic E-state index is 0. The Morgan fingerprint density at radius 1 is 0.773 bits per heavy atom. The Balaban J connectivity index is 0.00000176. The molecule has 0 radical (unpaired) electrons. The number of benzene rings is 1. The first-order valence-electron chi connectivity index (χ1n) is 9.31. The maximum Gasteiger partial charge on any atom is 0.101 e. The second-order valence-corrected chi connectivity index (χ2v) is 7.30. The van der Waals surface area contributed by atoms with Gasteiger partial charge >= 0.3 is 0 Å². The molecular weight excluding hydrogens is 334 g/mol. The molecule has 0 bridgehead atoms. The molecule has 2 saturated carbocycles. The molecule has 1 aromatic carbocycles. The van der Waals surface area contributed by atoms with Crippen LogP contribution in [0.2, 0.25) is 0 Å². The Morgan fingerprint density at radius 3 is 1.77 bits per heavy atom. The highest BCUT2D eigenvalue weighted by Crippen LogP contribution is 2.34. The Labute approximate surface area is 147 Å². The zero-order valence-corrected chi connectivity index (χ0v) is 15.4. The van der Waals surface area contributed by atoms with Crippen LogP contribution in [0.4, 0.5) is 0 Å². The van der Waals surface area contributed by atoms with Crippen LogP contribution in [-0.2, 0) is 6.54 Å². The second kappa shape index (κ2) is 9.72. The molecule has 1 nitrogen and oxygen atoms in total. The van der Waals surface area contributed by atoms with Crippen molar-refractivity contribution in [3.8, 4) is 0 Å². The first-order valence-corrected chi connectivity index (χ1v) is 9.31. The summed E-state index contributed by atoms with van der Waals surface area (Å²) in [4.78, 5) is 0. The Hall–Kier alpha value is -0.340. The summed E-state index contributed by atoms with van der Waals surface area (Å²) in [5.41, 5.74) is 1.49. The van der Waals surface area contributed by atoms with E-state index in [1.54, 1.807) is 0 Å². The fraction of sp³-hybridized carbons (Fsp3) is 0.700. The van der Waals surface area contributed by atoms with Gasteiger partial charge in [0.15, 0.2) is 0 Å². The van der Waals surface area contributed by atoms with E-state index in [-0.39, 0.29) is 17.0 Å². The SMILES string of the molecule is [Br-].c1ccc(C[NH2+]C(C2CCCCC2)C2CCCCC2)cc1. The van der Waals surface area contributed by atoms with Gasteiger partial charge in [-0.25, -0.2) is 0 Å². The lowest BCUT2D eigenvalue weighted by Crippen LogP contribution is -3.00. The highest BCUT2D eigenvalue weighted by Gasteiger charge is 2.33. The molecule has 0 unspecified atom stereocenters. The number of quaternary nitrogens is 1. The summed E-state index contributed by atoms with van der Waals surface area (Å²) in [6.45, 7) is 1.18. The second-order valence-electron chi connectivity index (χ2n) is 7.30. The Kier molecular flexibility index (Phi) is 7.96. The summed E-state index contributed by atoms with van der Waals surface area (Å²) >= 11 is 0. The fourth-order valence-corrected chi connectivity index (χ4v) is 4.69. The summed E-state index contributed by atoms with van der Waals surface area (Å²) in [7, 11) is 0. The van der Waals surface area contributed by atoms with Crippen molar-refractivity contribution in [2.75, 3.05) is 0 Å². The van der Waals surface area contributed by atoms with Crippen LogP contribution in [-0.4, -0.2) is 6.04 Å². The van der Waals surface area contributed by atoms with Gasteiger partial charge in [0.05, 0.1) is 6.04 Å². The summed E-state index contributed by atoms with van der Waals surface area (Å²) in [5, 5.41) is 2.71. The predicted molar refractivity (Wildman–Crippen MR) is 89.0 cm³/mol. The van der Waals surface area contributed by atoms with E-state index in [2.05, 4.69) is 35.6 Å². The largest absolute Gasteiger partial charge is 1.00 e. The zero-order valence-electron chi connectivity index (χ0n) is 13.9. The monoisotopic (exact) mass is 365 g/mol. The summed E-state index contributed by atoms with van der Waals surface area (Å²) < 4.78 is 0. The van der Waals surface area contributed by atoms with Crippen LogP contribution in [0, 0.1) is 11.8 Å². The highest BCUT2D eigenvalue weighted by molar-refractivity contribution is 5.13. The third-order valence-corrected chi connectivity index (χ3v) is 5.86. The van der Waals surface area contributed by atoms with E-state index in [1.165, 1.54) is 76.3 Å². The van der Waals surface area contributed by atoms with E-state index < -0.39 is 0 Å². The van der Waals surface area contributed by atoms with Gasteiger partial charge in [-0.3, -0.25) is 0 Å². The van der Waals surface area contributed by atoms with E-state index in [0.717, 1.165) is 17.9 Å². The van der Waals surface area contributed by atoms with E-state index in [4.69, 9.17) is 0 Å². The molecule has 0 spiro atoms. The van der Waals surface area contributed by atoms with Gasteiger partial charge in [0.25, 0.3) is 0 Å². The molecular formula is C20H32BrN. The van der Waals surface area contributed by atoms with E-state index >= 15 is 0 Å². The smallest absolute Gasteiger partial charge is 0.101 e. The molecule has 0 saturated heterocycles. The summed E-state index contributed by atoms with van der Waals surface area (Å²) in [5.74, 6) is 1.98. The maximum atomic E-state index is 2.71. The minimum absolute atomic E-state index is 0. The lowest BCUT2D eigenvalue weighted by molar-refractivity contribution is -0.718. The van der Waals surface area contributed by atoms with Gasteiger partial charge in [-0.15, -0.1) is 0 Å². The molecule has 2 aliphatic rings. The van der Waals surface area contributed by atoms with Gasteiger partial charge in [-0.05, 0) is 25.7 Å². The van der Waals surface area contributed by atoms with Crippen molar-refractivity contribution in [1.82, 2.24) is 0 Å². The maximum absolute atomic E-state index is 2.71. The van der Waals surface area contributed by atoms with Crippen molar-refractivity contribution in [3.63, 3.8) is 0 Å². The molecule has 3 rings (SSSR count). The number of hydrogen-bond donors (Lipinski definition) is 1. The van der Waals surface area contributed by atoms with Crippen molar-refractivity contribution in [1.29, 1.82) is 0 Å². The van der Waals surface area contributed by atoms with Crippen LogP contribution in [0.15, 0.2) is 30.3 Å². The third-order valence-electron chi connectivity index (χ3n) is 5.86. The molecule has 2 fully saturated rings. The number of halogens is 1. The van der Waals surface area contributed by atoms with Crippen LogP contribution in [0.1, 0.15) is 69.8 Å². The van der Waals surface area contributed by atoms with Crippen LogP contribution in [0.3, 0.4) is 0 Å². The predicted octanol–water partition coefficient (Wildman–Crippen LogP) is 1.28. The number of hydrogen-bond acceptors (Lipinski definition) is 0. The van der Waals surface area contributed by atoms with E-state index in [0.29, 0.717) is 0 Å². The molecule has 0 aromatic heterocycles. The lowest BCUT2D eigenvalue weighted by Gasteiger charge is -2.35. The van der Waals surface area contributed by atoms with Crippen LogP contribution in [0.25, 0.3) is 0 Å². The molecule has 22 heavy (non-hydrogen) atoms. The molecule has 2 aliphatic carbocycles. The molecule has 0 atom stereocenters. The Bertz CT molecular complexity index is 375. The molecule has 124 valence electrons. The van der Waals surface area contributed by atoms with Gasteiger partial charge in [-0.1, -0.05) is 68.9 Å². The van der Waals surface area contributed by atoms with Crippen LogP contribution < -0.4 is 22.3 Å². The van der Waals surface area contributed by atoms with Gasteiger partial charge in [-0.2, -0.15) is 0 Å². The van der Waals surface area contributed by atoms with Crippen molar-refractivity contribution in [3.05, 3.63) is 35.9 Å². The molecule has 2 heteroatoms. The highest BCUT2D eigenvalue weighted by atomic mass is 79.9. The standard InChI is InChI=1S/C20H31N.BrH/c1-4-10-17(11-5-1)16-21-20(18-12-6-2-7-13-18)19-14-8-3-9-15-19;/h1,4-5,10-11,18-21H,2-3,6-9,12-16H2;1H. The van der Waals surface area contributed by atoms with Gasteiger partial charge < -0.3 is 22.3 Å². The number of rotatable bonds is 5. The zero-order chi connectivity index (χ0) is 14.3. The summed E-state index contributed by atoms with van der Waals surface area (Å²) in [6, 6.07) is 12.0. The molecule has 0 heterocycles. The average molecular weight is 366 g/mol. The van der Waals surface area contributed by atoms with Crippen molar-refractivity contribution < 1.29 is 22.3 Å². The molecule has 0 amide bonds. The topological polar surface area (TPSA) is 16.6 Å². The summed E-state index contributed by atoms with van der Waals surface area (Å²) in [6.07, 6.45) is 14.8. The fourth-order valence-electron chi connectivity index (χ4n) is 4.69. The lowest BCUT2D eigenvalue weighted by atomic mass is 9.73. The average Bonchev–Trinajstić information content (AvgIpc) is 2.58. The van der Waals surface area contributed by atoms with Gasteiger partial charge in [0.1, 0.15) is 6.54 Å². The van der Waals surface area contributed by atoms with Crippen LogP contribution in [0.5, 0.6) is 0 Å². The van der Waals surface area contributed by atoms with E-state index in [9.17, 15) is 0 Å². The van der Waals surface area contributed by atoms with Gasteiger partial charge in [0.2, 0.25) is 0 Å². The number of nitrogens with two attached hydrogens (primary N) is 1. The third kappa shape index (κ3) is 5.09. The molecule has 1 aromatic rings.